The van der Waals surface area contributed by atoms with Crippen molar-refractivity contribution in [3.05, 3.63) is 22.4 Å². The molecule has 0 aliphatic rings. The van der Waals surface area contributed by atoms with Crippen molar-refractivity contribution in [2.45, 2.75) is 26.7 Å². The summed E-state index contributed by atoms with van der Waals surface area (Å²) < 4.78 is 24.3. The quantitative estimate of drug-likeness (QED) is 0.406. The Morgan fingerprint density at radius 3 is 2.70 bits per heavy atom. The maximum Gasteiger partial charge on any atom is 0.255 e. The molecule has 0 aliphatic heterocycles. The standard InChI is InChI=1S/C13H21F2N3S.HI/c1-3-16-13(18-9-12(14)15)17-8-10(2)7-11-5-4-6-19-11;/h4-6,10,12H,3,7-9H2,1-2H3,(H2,16,17,18);1H. The average molecular weight is 417 g/mol. The van der Waals surface area contributed by atoms with Gasteiger partial charge >= 0.3 is 0 Å². The summed E-state index contributed by atoms with van der Waals surface area (Å²) in [5, 5.41) is 7.64. The van der Waals surface area contributed by atoms with Crippen molar-refractivity contribution in [3.63, 3.8) is 0 Å². The molecule has 1 rings (SSSR count). The summed E-state index contributed by atoms with van der Waals surface area (Å²) in [7, 11) is 0. The average Bonchev–Trinajstić information content (AvgIpc) is 2.85. The van der Waals surface area contributed by atoms with Crippen molar-refractivity contribution in [2.75, 3.05) is 19.6 Å². The van der Waals surface area contributed by atoms with E-state index in [0.29, 0.717) is 25.0 Å². The number of alkyl halides is 2. The molecular formula is C13H22F2IN3S. The number of halogens is 3. The van der Waals surface area contributed by atoms with Crippen LogP contribution in [0.15, 0.2) is 22.5 Å². The van der Waals surface area contributed by atoms with Gasteiger partial charge in [0.05, 0.1) is 6.54 Å². The van der Waals surface area contributed by atoms with Gasteiger partial charge in [0.15, 0.2) is 5.96 Å². The molecule has 1 aromatic rings. The number of hydrogen-bond donors (Lipinski definition) is 2. The Labute approximate surface area is 140 Å². The number of nitrogens with zero attached hydrogens (tertiary/aromatic N) is 1. The van der Waals surface area contributed by atoms with E-state index in [9.17, 15) is 8.78 Å². The highest BCUT2D eigenvalue weighted by Gasteiger charge is 2.07. The molecule has 0 aromatic carbocycles. The Morgan fingerprint density at radius 2 is 2.15 bits per heavy atom. The molecule has 0 spiro atoms. The fraction of sp³-hybridized carbons (Fsp3) is 0.615. The molecule has 0 aliphatic carbocycles. The largest absolute Gasteiger partial charge is 0.357 e. The Morgan fingerprint density at radius 1 is 1.40 bits per heavy atom. The molecule has 20 heavy (non-hydrogen) atoms. The summed E-state index contributed by atoms with van der Waals surface area (Å²) in [5.41, 5.74) is 0. The second kappa shape index (κ2) is 11.2. The van der Waals surface area contributed by atoms with Crippen LogP contribution in [0.2, 0.25) is 0 Å². The molecule has 0 saturated carbocycles. The van der Waals surface area contributed by atoms with Gasteiger partial charge in [0.2, 0.25) is 0 Å². The molecule has 1 atom stereocenters. The van der Waals surface area contributed by atoms with Crippen molar-refractivity contribution in [3.8, 4) is 0 Å². The van der Waals surface area contributed by atoms with Gasteiger partial charge in [-0.3, -0.25) is 4.99 Å². The number of rotatable bonds is 7. The zero-order chi connectivity index (χ0) is 14.1. The number of hydrogen-bond acceptors (Lipinski definition) is 2. The maximum absolute atomic E-state index is 12.1. The van der Waals surface area contributed by atoms with E-state index in [2.05, 4.69) is 34.0 Å². The van der Waals surface area contributed by atoms with Gasteiger partial charge in [0.25, 0.3) is 6.43 Å². The summed E-state index contributed by atoms with van der Waals surface area (Å²) in [4.78, 5) is 5.66. The van der Waals surface area contributed by atoms with Gasteiger partial charge in [-0.25, -0.2) is 8.78 Å². The Hall–Kier alpha value is -0.440. The highest BCUT2D eigenvalue weighted by atomic mass is 127. The fourth-order valence-electron chi connectivity index (χ4n) is 1.60. The minimum absolute atomic E-state index is 0. The van der Waals surface area contributed by atoms with Gasteiger partial charge in [-0.1, -0.05) is 13.0 Å². The zero-order valence-electron chi connectivity index (χ0n) is 11.7. The number of aliphatic imine (C=N–C) groups is 1. The fourth-order valence-corrected chi connectivity index (χ4v) is 2.47. The van der Waals surface area contributed by atoms with Crippen LogP contribution in [0.3, 0.4) is 0 Å². The number of thiophene rings is 1. The molecule has 2 N–H and O–H groups in total. The first-order chi connectivity index (χ1) is 9.11. The third-order valence-electron chi connectivity index (χ3n) is 2.46. The van der Waals surface area contributed by atoms with Gasteiger partial charge in [0.1, 0.15) is 0 Å². The van der Waals surface area contributed by atoms with Crippen LogP contribution in [0.25, 0.3) is 0 Å². The van der Waals surface area contributed by atoms with Crippen LogP contribution in [-0.4, -0.2) is 32.0 Å². The molecule has 1 unspecified atom stereocenters. The predicted octanol–water partition coefficient (Wildman–Crippen LogP) is 3.36. The monoisotopic (exact) mass is 417 g/mol. The molecular weight excluding hydrogens is 395 g/mol. The normalized spacial score (nSPS) is 12.9. The number of guanidine groups is 1. The lowest BCUT2D eigenvalue weighted by Crippen LogP contribution is -2.40. The summed E-state index contributed by atoms with van der Waals surface area (Å²) >= 11 is 1.73. The lowest BCUT2D eigenvalue weighted by atomic mass is 10.1. The first-order valence-electron chi connectivity index (χ1n) is 6.44. The van der Waals surface area contributed by atoms with Crippen molar-refractivity contribution < 1.29 is 8.78 Å². The number of nitrogens with one attached hydrogen (secondary N) is 2. The molecule has 0 bridgehead atoms. The second-order valence-electron chi connectivity index (χ2n) is 4.38. The molecule has 0 saturated heterocycles. The van der Waals surface area contributed by atoms with Crippen LogP contribution in [0.4, 0.5) is 8.78 Å². The lowest BCUT2D eigenvalue weighted by Gasteiger charge is -2.12. The molecule has 0 radical (unpaired) electrons. The molecule has 1 heterocycles. The van der Waals surface area contributed by atoms with Gasteiger partial charge < -0.3 is 10.6 Å². The van der Waals surface area contributed by atoms with Crippen LogP contribution in [0.1, 0.15) is 18.7 Å². The summed E-state index contributed by atoms with van der Waals surface area (Å²) in [5.74, 6) is 0.849. The first-order valence-corrected chi connectivity index (χ1v) is 7.32. The van der Waals surface area contributed by atoms with E-state index in [4.69, 9.17) is 0 Å². The molecule has 3 nitrogen and oxygen atoms in total. The third kappa shape index (κ3) is 8.68. The van der Waals surface area contributed by atoms with E-state index < -0.39 is 6.43 Å². The predicted molar refractivity (Wildman–Crippen MR) is 92.6 cm³/mol. The minimum atomic E-state index is -2.37. The summed E-state index contributed by atoms with van der Waals surface area (Å²) in [6, 6.07) is 4.13. The van der Waals surface area contributed by atoms with Crippen LogP contribution < -0.4 is 10.6 Å². The Kier molecular flexibility index (Phi) is 11.0. The third-order valence-corrected chi connectivity index (χ3v) is 3.36. The van der Waals surface area contributed by atoms with Crippen LogP contribution >= 0.6 is 35.3 Å². The lowest BCUT2D eigenvalue weighted by molar-refractivity contribution is 0.152. The van der Waals surface area contributed by atoms with Crippen molar-refractivity contribution in [1.29, 1.82) is 0 Å². The highest BCUT2D eigenvalue weighted by molar-refractivity contribution is 14.0. The first kappa shape index (κ1) is 19.6. The van der Waals surface area contributed by atoms with Crippen molar-refractivity contribution in [2.24, 2.45) is 10.9 Å². The van der Waals surface area contributed by atoms with Gasteiger partial charge in [-0.15, -0.1) is 35.3 Å². The molecule has 0 fully saturated rings. The van der Waals surface area contributed by atoms with E-state index in [1.807, 2.05) is 13.0 Å². The Balaban J connectivity index is 0.00000361. The molecule has 1 aromatic heterocycles. The van der Waals surface area contributed by atoms with Crippen LogP contribution in [0, 0.1) is 5.92 Å². The Bertz CT molecular complexity index is 372. The summed E-state index contributed by atoms with van der Waals surface area (Å²) in [6.07, 6.45) is -1.40. The van der Waals surface area contributed by atoms with E-state index in [0.717, 1.165) is 6.42 Å². The second-order valence-corrected chi connectivity index (χ2v) is 5.41. The molecule has 0 amide bonds. The zero-order valence-corrected chi connectivity index (χ0v) is 14.9. The van der Waals surface area contributed by atoms with Gasteiger partial charge in [-0.2, -0.15) is 0 Å². The van der Waals surface area contributed by atoms with E-state index in [1.165, 1.54) is 4.88 Å². The smallest absolute Gasteiger partial charge is 0.255 e. The SMILES string of the molecule is CCNC(=NCC(C)Cc1cccs1)NCC(F)F.I. The van der Waals surface area contributed by atoms with Crippen molar-refractivity contribution in [1.82, 2.24) is 10.6 Å². The molecule has 116 valence electrons. The maximum atomic E-state index is 12.1. The van der Waals surface area contributed by atoms with Crippen LogP contribution in [-0.2, 0) is 6.42 Å². The van der Waals surface area contributed by atoms with Gasteiger partial charge in [0, 0.05) is 18.0 Å². The van der Waals surface area contributed by atoms with Crippen molar-refractivity contribution >= 4 is 41.3 Å². The molecule has 7 heteroatoms. The topological polar surface area (TPSA) is 36.4 Å². The van der Waals surface area contributed by atoms with Crippen LogP contribution in [0.5, 0.6) is 0 Å². The minimum Gasteiger partial charge on any atom is -0.357 e. The van der Waals surface area contributed by atoms with Gasteiger partial charge in [-0.05, 0) is 30.7 Å². The summed E-state index contributed by atoms with van der Waals surface area (Å²) in [6.45, 7) is 4.94. The highest BCUT2D eigenvalue weighted by Crippen LogP contribution is 2.14. The van der Waals surface area contributed by atoms with E-state index in [1.54, 1.807) is 11.3 Å². The van der Waals surface area contributed by atoms with E-state index >= 15 is 0 Å². The van der Waals surface area contributed by atoms with E-state index in [-0.39, 0.29) is 30.5 Å².